The lowest BCUT2D eigenvalue weighted by molar-refractivity contribution is 0.104. The van der Waals surface area contributed by atoms with Gasteiger partial charge in [0, 0.05) is 10.9 Å². The smallest absolute Gasteiger partial charge is 0.189 e. The van der Waals surface area contributed by atoms with Crippen LogP contribution in [0.25, 0.3) is 6.08 Å². The number of thiophene rings is 1. The Morgan fingerprint density at radius 2 is 2.16 bits per heavy atom. The molecule has 0 spiro atoms. The molecule has 0 aliphatic heterocycles. The fourth-order valence-electron chi connectivity index (χ4n) is 1.51. The molecule has 1 aromatic carbocycles. The van der Waals surface area contributed by atoms with Gasteiger partial charge in [-0.3, -0.25) is 4.79 Å². The van der Waals surface area contributed by atoms with Crippen molar-refractivity contribution < 1.29 is 14.6 Å². The number of allylic oxidation sites excluding steroid dienone is 1. The zero-order chi connectivity index (χ0) is 13.8. The van der Waals surface area contributed by atoms with E-state index in [0.717, 1.165) is 4.88 Å². The zero-order valence-corrected chi connectivity index (χ0v) is 11.7. The fraction of sp³-hybridized carbons (Fsp3) is 0.0714. The van der Waals surface area contributed by atoms with E-state index in [1.54, 1.807) is 18.2 Å². The van der Waals surface area contributed by atoms with Crippen LogP contribution in [0.3, 0.4) is 0 Å². The number of rotatable bonds is 4. The van der Waals surface area contributed by atoms with Gasteiger partial charge >= 0.3 is 0 Å². The van der Waals surface area contributed by atoms with Gasteiger partial charge in [-0.1, -0.05) is 11.6 Å². The maximum atomic E-state index is 11.9. The summed E-state index contributed by atoms with van der Waals surface area (Å²) in [5, 5.41) is 9.74. The Hall–Kier alpha value is -1.78. The molecule has 1 aromatic heterocycles. The number of hydrogen-bond donors (Lipinski definition) is 1. The van der Waals surface area contributed by atoms with Crippen molar-refractivity contribution >= 4 is 34.8 Å². The first-order valence-corrected chi connectivity index (χ1v) is 6.64. The first kappa shape index (κ1) is 13.6. The maximum Gasteiger partial charge on any atom is 0.189 e. The molecule has 0 atom stereocenters. The zero-order valence-electron chi connectivity index (χ0n) is 10.1. The summed E-state index contributed by atoms with van der Waals surface area (Å²) in [4.78, 5) is 12.8. The van der Waals surface area contributed by atoms with E-state index in [1.807, 2.05) is 6.07 Å². The van der Waals surface area contributed by atoms with Crippen molar-refractivity contribution in [1.29, 1.82) is 0 Å². The lowest BCUT2D eigenvalue weighted by atomic mass is 10.1. The maximum absolute atomic E-state index is 11.9. The molecule has 0 aliphatic rings. The highest BCUT2D eigenvalue weighted by Gasteiger charge is 2.09. The standard InChI is InChI=1S/C14H11ClO3S/c1-18-9-2-5-11(13(17)8-9)12(16)6-3-10-4-7-14(15)19-10/h2-8,17H,1H3/b6-3+. The second kappa shape index (κ2) is 5.91. The van der Waals surface area contributed by atoms with E-state index in [0.29, 0.717) is 10.1 Å². The molecule has 0 amide bonds. The Morgan fingerprint density at radius 3 is 2.74 bits per heavy atom. The Morgan fingerprint density at radius 1 is 1.37 bits per heavy atom. The summed E-state index contributed by atoms with van der Waals surface area (Å²) in [5.41, 5.74) is 0.236. The van der Waals surface area contributed by atoms with Crippen molar-refractivity contribution in [3.8, 4) is 11.5 Å². The van der Waals surface area contributed by atoms with Crippen molar-refractivity contribution in [2.45, 2.75) is 0 Å². The summed E-state index contributed by atoms with van der Waals surface area (Å²) < 4.78 is 5.63. The predicted octanol–water partition coefficient (Wildman–Crippen LogP) is 4.01. The fourth-order valence-corrected chi connectivity index (χ4v) is 2.48. The largest absolute Gasteiger partial charge is 0.507 e. The molecule has 2 aromatic rings. The van der Waals surface area contributed by atoms with Gasteiger partial charge in [0.2, 0.25) is 0 Å². The number of aromatic hydroxyl groups is 1. The topological polar surface area (TPSA) is 46.5 Å². The lowest BCUT2D eigenvalue weighted by Crippen LogP contribution is -1.95. The molecule has 5 heteroatoms. The third-order valence-electron chi connectivity index (χ3n) is 2.46. The second-order valence-electron chi connectivity index (χ2n) is 3.72. The van der Waals surface area contributed by atoms with E-state index >= 15 is 0 Å². The summed E-state index contributed by atoms with van der Waals surface area (Å²) in [5.74, 6) is 0.131. The molecule has 0 fully saturated rings. The van der Waals surface area contributed by atoms with Gasteiger partial charge in [0.15, 0.2) is 5.78 Å². The normalized spacial score (nSPS) is 10.8. The highest BCUT2D eigenvalue weighted by molar-refractivity contribution is 7.17. The molecule has 1 N–H and O–H groups in total. The molecule has 1 heterocycles. The molecular weight excluding hydrogens is 284 g/mol. The molecule has 3 nitrogen and oxygen atoms in total. The molecule has 0 aliphatic carbocycles. The number of benzene rings is 1. The number of ketones is 1. The first-order valence-electron chi connectivity index (χ1n) is 5.45. The molecule has 0 saturated carbocycles. The van der Waals surface area contributed by atoms with Gasteiger partial charge in [0.25, 0.3) is 0 Å². The van der Waals surface area contributed by atoms with Crippen LogP contribution in [-0.4, -0.2) is 18.0 Å². The quantitative estimate of drug-likeness (QED) is 0.684. The number of phenols is 1. The highest BCUT2D eigenvalue weighted by atomic mass is 35.5. The van der Waals surface area contributed by atoms with Gasteiger partial charge in [0.1, 0.15) is 11.5 Å². The molecule has 0 radical (unpaired) electrons. The monoisotopic (exact) mass is 294 g/mol. The van der Waals surface area contributed by atoms with Crippen LogP contribution in [0.4, 0.5) is 0 Å². The van der Waals surface area contributed by atoms with Crippen molar-refractivity contribution in [1.82, 2.24) is 0 Å². The Bertz CT molecular complexity index is 631. The minimum atomic E-state index is -0.273. The number of carbonyl (C=O) groups is 1. The van der Waals surface area contributed by atoms with Crippen LogP contribution in [0.5, 0.6) is 11.5 Å². The third kappa shape index (κ3) is 3.36. The first-order chi connectivity index (χ1) is 9.10. The van der Waals surface area contributed by atoms with E-state index in [9.17, 15) is 9.90 Å². The van der Waals surface area contributed by atoms with Crippen LogP contribution < -0.4 is 4.74 Å². The summed E-state index contributed by atoms with van der Waals surface area (Å²) >= 11 is 7.18. The predicted molar refractivity (Wildman–Crippen MR) is 77.4 cm³/mol. The summed E-state index contributed by atoms with van der Waals surface area (Å²) in [6, 6.07) is 8.15. The molecular formula is C14H11ClO3S. The molecule has 0 unspecified atom stereocenters. The molecule has 19 heavy (non-hydrogen) atoms. The van der Waals surface area contributed by atoms with Gasteiger partial charge in [-0.2, -0.15) is 0 Å². The lowest BCUT2D eigenvalue weighted by Gasteiger charge is -2.03. The third-order valence-corrected chi connectivity index (χ3v) is 3.66. The van der Waals surface area contributed by atoms with Crippen LogP contribution >= 0.6 is 22.9 Å². The number of halogens is 1. The van der Waals surface area contributed by atoms with Gasteiger partial charge in [-0.15, -0.1) is 11.3 Å². The average molecular weight is 295 g/mol. The van der Waals surface area contributed by atoms with Crippen LogP contribution in [0.1, 0.15) is 15.2 Å². The Balaban J connectivity index is 2.18. The Labute approximate surface area is 119 Å². The van der Waals surface area contributed by atoms with E-state index in [4.69, 9.17) is 16.3 Å². The van der Waals surface area contributed by atoms with Crippen LogP contribution in [0.15, 0.2) is 36.4 Å². The van der Waals surface area contributed by atoms with E-state index in [-0.39, 0.29) is 17.1 Å². The molecule has 98 valence electrons. The van der Waals surface area contributed by atoms with Crippen molar-refractivity contribution in [2.24, 2.45) is 0 Å². The highest BCUT2D eigenvalue weighted by Crippen LogP contribution is 2.25. The number of carbonyl (C=O) groups excluding carboxylic acids is 1. The Kier molecular flexibility index (Phi) is 4.24. The van der Waals surface area contributed by atoms with Crippen LogP contribution in [-0.2, 0) is 0 Å². The van der Waals surface area contributed by atoms with Crippen molar-refractivity contribution in [3.63, 3.8) is 0 Å². The number of methoxy groups -OCH3 is 1. The molecule has 0 bridgehead atoms. The van der Waals surface area contributed by atoms with E-state index in [1.165, 1.54) is 36.7 Å². The molecule has 0 saturated heterocycles. The van der Waals surface area contributed by atoms with Crippen LogP contribution in [0, 0.1) is 0 Å². The van der Waals surface area contributed by atoms with Gasteiger partial charge < -0.3 is 9.84 Å². The van der Waals surface area contributed by atoms with Gasteiger partial charge in [0.05, 0.1) is 17.0 Å². The number of hydrogen-bond acceptors (Lipinski definition) is 4. The summed E-state index contributed by atoms with van der Waals surface area (Å²) in [6.07, 6.45) is 3.08. The van der Waals surface area contributed by atoms with Gasteiger partial charge in [-0.05, 0) is 36.4 Å². The molecule has 2 rings (SSSR count). The average Bonchev–Trinajstić information content (AvgIpc) is 2.81. The number of ether oxygens (including phenoxy) is 1. The minimum absolute atomic E-state index is 0.0989. The van der Waals surface area contributed by atoms with E-state index in [2.05, 4.69) is 0 Å². The SMILES string of the molecule is COc1ccc(C(=O)/C=C/c2ccc(Cl)s2)c(O)c1. The van der Waals surface area contributed by atoms with Crippen molar-refractivity contribution in [3.05, 3.63) is 51.2 Å². The number of phenolic OH excluding ortho intramolecular Hbond substituents is 1. The summed E-state index contributed by atoms with van der Waals surface area (Å²) in [7, 11) is 1.50. The van der Waals surface area contributed by atoms with Gasteiger partial charge in [-0.25, -0.2) is 0 Å². The summed E-state index contributed by atoms with van der Waals surface area (Å²) in [6.45, 7) is 0. The second-order valence-corrected chi connectivity index (χ2v) is 5.47. The van der Waals surface area contributed by atoms with Crippen LogP contribution in [0.2, 0.25) is 4.34 Å². The minimum Gasteiger partial charge on any atom is -0.507 e. The van der Waals surface area contributed by atoms with E-state index < -0.39 is 0 Å². The van der Waals surface area contributed by atoms with Crippen molar-refractivity contribution in [2.75, 3.05) is 7.11 Å².